The van der Waals surface area contributed by atoms with Crippen LogP contribution in [0.1, 0.15) is 16.1 Å². The van der Waals surface area contributed by atoms with Gasteiger partial charge < -0.3 is 15.2 Å². The van der Waals surface area contributed by atoms with Gasteiger partial charge >= 0.3 is 5.97 Å². The van der Waals surface area contributed by atoms with Crippen molar-refractivity contribution in [3.8, 4) is 5.75 Å². The molecule has 0 spiro atoms. The summed E-state index contributed by atoms with van der Waals surface area (Å²) in [6.45, 7) is 0.637. The molecule has 0 fully saturated rings. The first-order valence-electron chi connectivity index (χ1n) is 6.26. The summed E-state index contributed by atoms with van der Waals surface area (Å²) in [6.07, 6.45) is 2.26. The van der Waals surface area contributed by atoms with Gasteiger partial charge in [0.05, 0.1) is 12.8 Å². The first-order valence-corrected chi connectivity index (χ1v) is 6.26. The summed E-state index contributed by atoms with van der Waals surface area (Å²) >= 11 is 0. The smallest absolute Gasteiger partial charge is 0.356 e. The molecule has 0 aliphatic heterocycles. The van der Waals surface area contributed by atoms with Crippen LogP contribution >= 0.6 is 0 Å². The average Bonchev–Trinajstić information content (AvgIpc) is 2.48. The molecular formula is C15H16N2O3. The van der Waals surface area contributed by atoms with E-state index in [1.165, 1.54) is 6.20 Å². The lowest BCUT2D eigenvalue weighted by atomic mass is 10.1. The Hall–Kier alpha value is -2.56. The van der Waals surface area contributed by atoms with Crippen LogP contribution in [0, 0.1) is 0 Å². The van der Waals surface area contributed by atoms with Gasteiger partial charge in [-0.2, -0.15) is 0 Å². The predicted octanol–water partition coefficient (Wildman–Crippen LogP) is 2.44. The van der Waals surface area contributed by atoms with E-state index in [0.29, 0.717) is 12.2 Å². The highest BCUT2D eigenvalue weighted by molar-refractivity contribution is 5.91. The largest absolute Gasteiger partial charge is 0.497 e. The Morgan fingerprint density at radius 2 is 2.05 bits per heavy atom. The highest BCUT2D eigenvalue weighted by atomic mass is 16.5. The third-order valence-electron chi connectivity index (χ3n) is 2.90. The first kappa shape index (κ1) is 13.9. The quantitative estimate of drug-likeness (QED) is 0.845. The lowest BCUT2D eigenvalue weighted by Crippen LogP contribution is -2.10. The molecule has 0 saturated heterocycles. The van der Waals surface area contributed by atoms with E-state index in [1.54, 1.807) is 19.2 Å². The minimum atomic E-state index is -1.03. The molecule has 0 unspecified atom stereocenters. The molecular weight excluding hydrogens is 256 g/mol. The van der Waals surface area contributed by atoms with Gasteiger partial charge in [-0.15, -0.1) is 0 Å². The molecule has 0 amide bonds. The minimum Gasteiger partial charge on any atom is -0.497 e. The number of hydrogen-bond donors (Lipinski definition) is 2. The van der Waals surface area contributed by atoms with E-state index in [0.717, 1.165) is 17.7 Å². The number of rotatable bonds is 6. The molecule has 2 N–H and O–H groups in total. The summed E-state index contributed by atoms with van der Waals surface area (Å²) in [5, 5.41) is 12.1. The number of benzene rings is 1. The van der Waals surface area contributed by atoms with Crippen LogP contribution < -0.4 is 10.1 Å². The van der Waals surface area contributed by atoms with Crippen molar-refractivity contribution < 1.29 is 14.6 Å². The summed E-state index contributed by atoms with van der Waals surface area (Å²) in [6, 6.07) is 11.2. The van der Waals surface area contributed by atoms with Gasteiger partial charge in [-0.05, 0) is 36.2 Å². The van der Waals surface area contributed by atoms with E-state index in [2.05, 4.69) is 10.3 Å². The predicted molar refractivity (Wildman–Crippen MR) is 76.4 cm³/mol. The molecule has 0 bridgehead atoms. The monoisotopic (exact) mass is 272 g/mol. The number of nitrogens with zero attached hydrogens (tertiary/aromatic N) is 1. The highest BCUT2D eigenvalue weighted by Crippen LogP contribution is 2.14. The number of ether oxygens (including phenoxy) is 1. The van der Waals surface area contributed by atoms with Crippen molar-refractivity contribution in [2.24, 2.45) is 0 Å². The number of anilines is 1. The number of methoxy groups -OCH3 is 1. The molecule has 20 heavy (non-hydrogen) atoms. The number of carboxylic acids is 1. The maximum Gasteiger partial charge on any atom is 0.356 e. The van der Waals surface area contributed by atoms with Crippen LogP contribution in [0.15, 0.2) is 42.6 Å². The molecule has 1 aromatic carbocycles. The van der Waals surface area contributed by atoms with Crippen molar-refractivity contribution in [3.63, 3.8) is 0 Å². The Morgan fingerprint density at radius 1 is 1.30 bits per heavy atom. The lowest BCUT2D eigenvalue weighted by molar-refractivity contribution is 0.0691. The molecule has 104 valence electrons. The van der Waals surface area contributed by atoms with E-state index in [4.69, 9.17) is 9.84 Å². The van der Waals surface area contributed by atoms with Crippen LogP contribution in [0.25, 0.3) is 0 Å². The maximum atomic E-state index is 11.0. The summed E-state index contributed by atoms with van der Waals surface area (Å²) in [5.41, 5.74) is 1.73. The van der Waals surface area contributed by atoms with Crippen LogP contribution in [-0.4, -0.2) is 29.7 Å². The zero-order chi connectivity index (χ0) is 14.4. The van der Waals surface area contributed by atoms with E-state index < -0.39 is 5.97 Å². The molecule has 1 aromatic heterocycles. The SMILES string of the molecule is COc1ccc(CCNc2cccnc2C(=O)O)cc1. The van der Waals surface area contributed by atoms with Gasteiger partial charge in [0.2, 0.25) is 0 Å². The molecule has 0 radical (unpaired) electrons. The molecule has 5 heteroatoms. The molecule has 5 nitrogen and oxygen atoms in total. The van der Waals surface area contributed by atoms with Crippen molar-refractivity contribution in [1.29, 1.82) is 0 Å². The minimum absolute atomic E-state index is 0.0437. The Morgan fingerprint density at radius 3 is 2.70 bits per heavy atom. The zero-order valence-electron chi connectivity index (χ0n) is 11.2. The van der Waals surface area contributed by atoms with Crippen molar-refractivity contribution in [2.75, 3.05) is 19.0 Å². The average molecular weight is 272 g/mol. The van der Waals surface area contributed by atoms with Gasteiger partial charge in [0, 0.05) is 12.7 Å². The van der Waals surface area contributed by atoms with Crippen molar-refractivity contribution in [1.82, 2.24) is 4.98 Å². The number of hydrogen-bond acceptors (Lipinski definition) is 4. The van der Waals surface area contributed by atoms with Gasteiger partial charge in [-0.25, -0.2) is 9.78 Å². The van der Waals surface area contributed by atoms with Crippen molar-refractivity contribution >= 4 is 11.7 Å². The number of aromatic nitrogens is 1. The van der Waals surface area contributed by atoms with Gasteiger partial charge in [0.1, 0.15) is 5.75 Å². The molecule has 0 saturated carbocycles. The standard InChI is InChI=1S/C15H16N2O3/c1-20-12-6-4-11(5-7-12)8-10-16-13-3-2-9-17-14(13)15(18)19/h2-7,9,16H,8,10H2,1H3,(H,18,19). The fourth-order valence-corrected chi connectivity index (χ4v) is 1.85. The lowest BCUT2D eigenvalue weighted by Gasteiger charge is -2.09. The van der Waals surface area contributed by atoms with Gasteiger partial charge in [-0.3, -0.25) is 0 Å². The third kappa shape index (κ3) is 3.47. The topological polar surface area (TPSA) is 71.5 Å². The number of carboxylic acid groups (broad SMARTS) is 1. The fraction of sp³-hybridized carbons (Fsp3) is 0.200. The van der Waals surface area contributed by atoms with E-state index in [-0.39, 0.29) is 5.69 Å². The Balaban J connectivity index is 1.94. The number of pyridine rings is 1. The van der Waals surface area contributed by atoms with E-state index >= 15 is 0 Å². The van der Waals surface area contributed by atoms with Gasteiger partial charge in [-0.1, -0.05) is 12.1 Å². The molecule has 0 aliphatic carbocycles. The second kappa shape index (κ2) is 6.56. The van der Waals surface area contributed by atoms with Crippen LogP contribution in [-0.2, 0) is 6.42 Å². The van der Waals surface area contributed by atoms with Crippen LogP contribution in [0.5, 0.6) is 5.75 Å². The van der Waals surface area contributed by atoms with Crippen molar-refractivity contribution in [2.45, 2.75) is 6.42 Å². The third-order valence-corrected chi connectivity index (χ3v) is 2.90. The maximum absolute atomic E-state index is 11.0. The summed E-state index contributed by atoms with van der Waals surface area (Å²) < 4.78 is 5.10. The van der Waals surface area contributed by atoms with Crippen LogP contribution in [0.3, 0.4) is 0 Å². The second-order valence-corrected chi connectivity index (χ2v) is 4.23. The number of carbonyl (C=O) groups is 1. The highest BCUT2D eigenvalue weighted by Gasteiger charge is 2.09. The summed E-state index contributed by atoms with van der Waals surface area (Å²) in [4.78, 5) is 14.9. The van der Waals surface area contributed by atoms with Gasteiger partial charge in [0.15, 0.2) is 5.69 Å². The molecule has 0 aliphatic rings. The molecule has 1 heterocycles. The fourth-order valence-electron chi connectivity index (χ4n) is 1.85. The summed E-state index contributed by atoms with van der Waals surface area (Å²) in [5.74, 6) is -0.209. The Kier molecular flexibility index (Phi) is 4.55. The normalized spacial score (nSPS) is 10.1. The Labute approximate surface area is 117 Å². The van der Waals surface area contributed by atoms with Gasteiger partial charge in [0.25, 0.3) is 0 Å². The zero-order valence-corrected chi connectivity index (χ0v) is 11.2. The number of nitrogens with one attached hydrogen (secondary N) is 1. The molecule has 2 rings (SSSR count). The van der Waals surface area contributed by atoms with E-state index in [9.17, 15) is 4.79 Å². The van der Waals surface area contributed by atoms with Crippen LogP contribution in [0.2, 0.25) is 0 Å². The van der Waals surface area contributed by atoms with Crippen LogP contribution in [0.4, 0.5) is 5.69 Å². The number of aromatic carboxylic acids is 1. The molecule has 0 atom stereocenters. The van der Waals surface area contributed by atoms with Crippen molar-refractivity contribution in [3.05, 3.63) is 53.9 Å². The first-order chi connectivity index (χ1) is 9.70. The second-order valence-electron chi connectivity index (χ2n) is 4.23. The summed E-state index contributed by atoms with van der Waals surface area (Å²) in [7, 11) is 1.63. The molecule has 2 aromatic rings. The van der Waals surface area contributed by atoms with E-state index in [1.807, 2.05) is 24.3 Å². The Bertz CT molecular complexity index is 582.